The van der Waals surface area contributed by atoms with Crippen LogP contribution in [0.5, 0.6) is 0 Å². The molecule has 0 aliphatic carbocycles. The standard InChI is InChI=1S/C18H14F4N2O5/c19-13-6-1-2-7-14(13)23-16(25)15(17(26)27)12(9-24(28)29)10-4-3-5-11(8-10)18(20,21)22/h1-8,12,15H,9H2,(H,23,25)(H,26,27)/t12-,15?/m1/s1. The van der Waals surface area contributed by atoms with Crippen molar-refractivity contribution in [2.24, 2.45) is 5.92 Å². The molecule has 2 aromatic carbocycles. The first-order chi connectivity index (χ1) is 13.5. The molecule has 0 fully saturated rings. The van der Waals surface area contributed by atoms with Crippen molar-refractivity contribution in [1.82, 2.24) is 0 Å². The monoisotopic (exact) mass is 414 g/mol. The lowest BCUT2D eigenvalue weighted by molar-refractivity contribution is -0.484. The van der Waals surface area contributed by atoms with Gasteiger partial charge in [-0.3, -0.25) is 19.7 Å². The lowest BCUT2D eigenvalue weighted by atomic mass is 9.84. The third-order valence-corrected chi connectivity index (χ3v) is 4.07. The zero-order valence-corrected chi connectivity index (χ0v) is 14.5. The number of hydrogen-bond acceptors (Lipinski definition) is 4. The molecule has 0 spiro atoms. The van der Waals surface area contributed by atoms with E-state index in [1.807, 2.05) is 5.32 Å². The summed E-state index contributed by atoms with van der Waals surface area (Å²) in [6, 6.07) is 8.09. The molecule has 29 heavy (non-hydrogen) atoms. The van der Waals surface area contributed by atoms with Crippen molar-refractivity contribution in [2.45, 2.75) is 12.1 Å². The van der Waals surface area contributed by atoms with Crippen LogP contribution in [0.1, 0.15) is 17.0 Å². The van der Waals surface area contributed by atoms with Gasteiger partial charge in [0.25, 0.3) is 0 Å². The van der Waals surface area contributed by atoms with Crippen molar-refractivity contribution in [3.63, 3.8) is 0 Å². The summed E-state index contributed by atoms with van der Waals surface area (Å²) in [6.07, 6.45) is -4.77. The quantitative estimate of drug-likeness (QED) is 0.312. The van der Waals surface area contributed by atoms with E-state index in [2.05, 4.69) is 0 Å². The number of halogens is 4. The van der Waals surface area contributed by atoms with E-state index in [4.69, 9.17) is 0 Å². The molecule has 0 aliphatic heterocycles. The minimum atomic E-state index is -4.77. The molecule has 0 saturated heterocycles. The number of aliphatic carboxylic acids is 1. The summed E-state index contributed by atoms with van der Waals surface area (Å²) in [5.41, 5.74) is -1.87. The van der Waals surface area contributed by atoms with Crippen LogP contribution in [0.15, 0.2) is 48.5 Å². The van der Waals surface area contributed by atoms with Crippen LogP contribution >= 0.6 is 0 Å². The van der Waals surface area contributed by atoms with Gasteiger partial charge in [-0.05, 0) is 23.8 Å². The number of benzene rings is 2. The van der Waals surface area contributed by atoms with E-state index in [-0.39, 0.29) is 11.3 Å². The lowest BCUT2D eigenvalue weighted by Gasteiger charge is -2.21. The van der Waals surface area contributed by atoms with Crippen molar-refractivity contribution in [1.29, 1.82) is 0 Å². The van der Waals surface area contributed by atoms with Gasteiger partial charge in [0.1, 0.15) is 11.7 Å². The summed E-state index contributed by atoms with van der Waals surface area (Å²) < 4.78 is 52.7. The van der Waals surface area contributed by atoms with E-state index >= 15 is 0 Å². The molecule has 0 aromatic heterocycles. The second-order valence-corrected chi connectivity index (χ2v) is 6.03. The van der Waals surface area contributed by atoms with Crippen LogP contribution < -0.4 is 5.32 Å². The number of nitrogens with one attached hydrogen (secondary N) is 1. The van der Waals surface area contributed by atoms with Crippen LogP contribution in [0.4, 0.5) is 23.2 Å². The molecule has 7 nitrogen and oxygen atoms in total. The molecular formula is C18H14F4N2O5. The Morgan fingerprint density at radius 2 is 1.79 bits per heavy atom. The minimum Gasteiger partial charge on any atom is -0.481 e. The molecule has 0 bridgehead atoms. The number of carbonyl (C=O) groups excluding carboxylic acids is 1. The Morgan fingerprint density at radius 3 is 2.34 bits per heavy atom. The maximum atomic E-state index is 13.7. The lowest BCUT2D eigenvalue weighted by Crippen LogP contribution is -2.37. The summed E-state index contributed by atoms with van der Waals surface area (Å²) in [5, 5.41) is 22.5. The fourth-order valence-electron chi connectivity index (χ4n) is 2.75. The van der Waals surface area contributed by atoms with Gasteiger partial charge in [0.15, 0.2) is 0 Å². The molecule has 0 aliphatic rings. The number of carboxylic acids is 1. The maximum Gasteiger partial charge on any atom is 0.416 e. The highest BCUT2D eigenvalue weighted by Gasteiger charge is 2.40. The first kappa shape index (κ1) is 21.8. The molecule has 2 N–H and O–H groups in total. The third-order valence-electron chi connectivity index (χ3n) is 4.07. The predicted octanol–water partition coefficient (Wildman–Crippen LogP) is 3.54. The number of carboxylic acid groups (broad SMARTS) is 1. The Kier molecular flexibility index (Phi) is 6.52. The number of alkyl halides is 3. The molecule has 2 aromatic rings. The Hall–Kier alpha value is -3.50. The van der Waals surface area contributed by atoms with Crippen LogP contribution in [0, 0.1) is 21.8 Å². The average Bonchev–Trinajstić information content (AvgIpc) is 2.62. The zero-order chi connectivity index (χ0) is 21.8. The van der Waals surface area contributed by atoms with Gasteiger partial charge in [-0.2, -0.15) is 13.2 Å². The summed E-state index contributed by atoms with van der Waals surface area (Å²) in [6.45, 7) is -1.12. The number of para-hydroxylation sites is 1. The highest BCUT2D eigenvalue weighted by molar-refractivity contribution is 6.05. The van der Waals surface area contributed by atoms with E-state index in [9.17, 15) is 42.4 Å². The average molecular weight is 414 g/mol. The van der Waals surface area contributed by atoms with Gasteiger partial charge >= 0.3 is 12.1 Å². The molecule has 0 saturated carbocycles. The van der Waals surface area contributed by atoms with Crippen molar-refractivity contribution < 1.29 is 37.2 Å². The molecule has 154 valence electrons. The Morgan fingerprint density at radius 1 is 1.14 bits per heavy atom. The first-order valence-corrected chi connectivity index (χ1v) is 8.08. The first-order valence-electron chi connectivity index (χ1n) is 8.08. The topological polar surface area (TPSA) is 110 Å². The normalized spacial score (nSPS) is 13.4. The van der Waals surface area contributed by atoms with Gasteiger partial charge in [-0.25, -0.2) is 4.39 Å². The van der Waals surface area contributed by atoms with Crippen LogP contribution in [0.25, 0.3) is 0 Å². The SMILES string of the molecule is O=C(O)C(C(=O)Nc1ccccc1F)[C@H](C[N+](=O)[O-])c1cccc(C(F)(F)F)c1. The number of hydrogen-bond donors (Lipinski definition) is 2. The van der Waals surface area contributed by atoms with Crippen LogP contribution in [-0.2, 0) is 15.8 Å². The number of amides is 1. The van der Waals surface area contributed by atoms with Crippen LogP contribution in [-0.4, -0.2) is 28.5 Å². The summed E-state index contributed by atoms with van der Waals surface area (Å²) in [7, 11) is 0. The van der Waals surface area contributed by atoms with Gasteiger partial charge < -0.3 is 10.4 Å². The molecule has 1 amide bonds. The third kappa shape index (κ3) is 5.50. The van der Waals surface area contributed by atoms with Gasteiger partial charge in [0, 0.05) is 4.92 Å². The smallest absolute Gasteiger partial charge is 0.416 e. The van der Waals surface area contributed by atoms with Gasteiger partial charge in [0.05, 0.1) is 17.2 Å². The van der Waals surface area contributed by atoms with Crippen LogP contribution in [0.2, 0.25) is 0 Å². The van der Waals surface area contributed by atoms with Gasteiger partial charge in [-0.15, -0.1) is 0 Å². The van der Waals surface area contributed by atoms with Crippen LogP contribution in [0.3, 0.4) is 0 Å². The molecule has 0 radical (unpaired) electrons. The fraction of sp³-hybridized carbons (Fsp3) is 0.222. The molecule has 1 unspecified atom stereocenters. The van der Waals surface area contributed by atoms with Crippen molar-refractivity contribution in [2.75, 3.05) is 11.9 Å². The largest absolute Gasteiger partial charge is 0.481 e. The maximum absolute atomic E-state index is 13.7. The van der Waals surface area contributed by atoms with E-state index < -0.39 is 52.7 Å². The number of nitrogens with zero attached hydrogens (tertiary/aromatic N) is 1. The second kappa shape index (κ2) is 8.67. The van der Waals surface area contributed by atoms with Crippen molar-refractivity contribution in [3.05, 3.63) is 75.6 Å². The molecule has 11 heteroatoms. The van der Waals surface area contributed by atoms with Crippen molar-refractivity contribution in [3.8, 4) is 0 Å². The summed E-state index contributed by atoms with van der Waals surface area (Å²) in [4.78, 5) is 34.3. The number of carbonyl (C=O) groups is 2. The Bertz CT molecular complexity index is 932. The number of rotatable bonds is 7. The van der Waals surface area contributed by atoms with E-state index in [1.165, 1.54) is 12.1 Å². The summed E-state index contributed by atoms with van der Waals surface area (Å²) in [5.74, 6) is -7.84. The second-order valence-electron chi connectivity index (χ2n) is 6.03. The Labute approximate surface area is 161 Å². The molecule has 2 rings (SSSR count). The van der Waals surface area contributed by atoms with Crippen molar-refractivity contribution >= 4 is 17.6 Å². The zero-order valence-electron chi connectivity index (χ0n) is 14.5. The molecular weight excluding hydrogens is 400 g/mol. The highest BCUT2D eigenvalue weighted by Crippen LogP contribution is 2.34. The van der Waals surface area contributed by atoms with E-state index in [0.29, 0.717) is 12.1 Å². The van der Waals surface area contributed by atoms with Gasteiger partial charge in [-0.1, -0.05) is 30.3 Å². The molecule has 0 heterocycles. The van der Waals surface area contributed by atoms with E-state index in [1.54, 1.807) is 0 Å². The number of nitro groups is 1. The minimum absolute atomic E-state index is 0.354. The summed E-state index contributed by atoms with van der Waals surface area (Å²) >= 11 is 0. The molecule has 2 atom stereocenters. The number of anilines is 1. The van der Waals surface area contributed by atoms with E-state index in [0.717, 1.165) is 24.3 Å². The van der Waals surface area contributed by atoms with Gasteiger partial charge in [0.2, 0.25) is 12.5 Å². The fourth-order valence-corrected chi connectivity index (χ4v) is 2.75. The Balaban J connectivity index is 2.46. The predicted molar refractivity (Wildman–Crippen MR) is 92.2 cm³/mol. The highest BCUT2D eigenvalue weighted by atomic mass is 19.4.